The fraction of sp³-hybridized carbons (Fsp3) is 0.500. The van der Waals surface area contributed by atoms with Crippen LogP contribution in [0.2, 0.25) is 0 Å². The number of halogens is 1. The second-order valence-corrected chi connectivity index (χ2v) is 5.75. The third-order valence-corrected chi connectivity index (χ3v) is 4.64. The minimum atomic E-state index is 0.398. The summed E-state index contributed by atoms with van der Waals surface area (Å²) in [5.41, 5.74) is 5.87. The Balaban J connectivity index is 2.01. The van der Waals surface area contributed by atoms with E-state index in [-0.39, 0.29) is 0 Å². The van der Waals surface area contributed by atoms with Crippen LogP contribution < -0.4 is 5.73 Å². The lowest BCUT2D eigenvalue weighted by Gasteiger charge is -2.09. The quantitative estimate of drug-likeness (QED) is 0.900. The van der Waals surface area contributed by atoms with Gasteiger partial charge in [-0.1, -0.05) is 0 Å². The summed E-state index contributed by atoms with van der Waals surface area (Å²) in [4.78, 5) is 4.34. The number of rotatable bonds is 2. The maximum atomic E-state index is 5.87. The van der Waals surface area contributed by atoms with Gasteiger partial charge in [-0.15, -0.1) is 11.8 Å². The van der Waals surface area contributed by atoms with Crippen LogP contribution >= 0.6 is 27.7 Å². The van der Waals surface area contributed by atoms with E-state index < -0.39 is 0 Å². The Morgan fingerprint density at radius 3 is 3.00 bits per heavy atom. The Bertz CT molecular complexity index is 319. The average Bonchev–Trinajstić information content (AvgIpc) is 2.56. The lowest BCUT2D eigenvalue weighted by Crippen LogP contribution is -2.15. The van der Waals surface area contributed by atoms with Crippen molar-refractivity contribution in [1.82, 2.24) is 4.98 Å². The first kappa shape index (κ1) is 10.5. The van der Waals surface area contributed by atoms with Crippen molar-refractivity contribution >= 4 is 27.7 Å². The first-order chi connectivity index (χ1) is 6.75. The van der Waals surface area contributed by atoms with E-state index in [0.29, 0.717) is 11.3 Å². The van der Waals surface area contributed by atoms with Gasteiger partial charge >= 0.3 is 0 Å². The van der Waals surface area contributed by atoms with E-state index in [1.807, 2.05) is 30.1 Å². The fourth-order valence-electron chi connectivity index (χ4n) is 1.70. The first-order valence-corrected chi connectivity index (χ1v) is 6.45. The molecule has 0 spiro atoms. The predicted molar refractivity (Wildman–Crippen MR) is 63.4 cm³/mol. The molecule has 2 rings (SSSR count). The molecule has 4 heteroatoms. The van der Waals surface area contributed by atoms with Crippen LogP contribution in [0, 0.1) is 0 Å². The fourth-order valence-corrected chi connectivity index (χ4v) is 3.45. The number of thioether (sulfide) groups is 1. The van der Waals surface area contributed by atoms with Gasteiger partial charge in [0, 0.05) is 22.0 Å². The minimum Gasteiger partial charge on any atom is -0.328 e. The number of pyridine rings is 1. The number of hydrogen-bond donors (Lipinski definition) is 1. The maximum Gasteiger partial charge on any atom is 0.110 e. The van der Waals surface area contributed by atoms with Crippen molar-refractivity contribution in [3.63, 3.8) is 0 Å². The molecule has 1 aromatic rings. The number of nitrogens with two attached hydrogens (primary N) is 1. The number of nitrogens with zero attached hydrogens (tertiary/aromatic N) is 1. The molecular formula is C10H13BrN2S. The largest absolute Gasteiger partial charge is 0.328 e. The lowest BCUT2D eigenvalue weighted by atomic mass is 10.3. The van der Waals surface area contributed by atoms with Gasteiger partial charge < -0.3 is 5.73 Å². The SMILES string of the molecule is NC1CCC(Sc2ncccc2Br)C1. The predicted octanol–water partition coefficient (Wildman–Crippen LogP) is 2.82. The molecule has 76 valence electrons. The van der Waals surface area contributed by atoms with Crippen molar-refractivity contribution in [3.8, 4) is 0 Å². The monoisotopic (exact) mass is 272 g/mol. The molecule has 0 bridgehead atoms. The topological polar surface area (TPSA) is 38.9 Å². The van der Waals surface area contributed by atoms with Gasteiger partial charge in [-0.2, -0.15) is 0 Å². The van der Waals surface area contributed by atoms with Crippen molar-refractivity contribution in [2.45, 2.75) is 35.6 Å². The second kappa shape index (κ2) is 4.64. The Labute approximate surface area is 96.8 Å². The van der Waals surface area contributed by atoms with Gasteiger partial charge in [-0.05, 0) is 47.3 Å². The number of aromatic nitrogens is 1. The van der Waals surface area contributed by atoms with Gasteiger partial charge in [-0.25, -0.2) is 4.98 Å². The van der Waals surface area contributed by atoms with Crippen LogP contribution in [-0.4, -0.2) is 16.3 Å². The summed E-state index contributed by atoms with van der Waals surface area (Å²) in [6, 6.07) is 4.37. The molecule has 0 amide bonds. The highest BCUT2D eigenvalue weighted by Gasteiger charge is 2.23. The van der Waals surface area contributed by atoms with E-state index >= 15 is 0 Å². The Hall–Kier alpha value is -0.0600. The zero-order valence-electron chi connectivity index (χ0n) is 7.82. The molecule has 0 aromatic carbocycles. The summed E-state index contributed by atoms with van der Waals surface area (Å²) >= 11 is 5.35. The van der Waals surface area contributed by atoms with Crippen LogP contribution in [0.4, 0.5) is 0 Å². The molecule has 0 radical (unpaired) electrons. The van der Waals surface area contributed by atoms with Gasteiger partial charge in [0.25, 0.3) is 0 Å². The third-order valence-electron chi connectivity index (χ3n) is 2.43. The molecule has 1 saturated carbocycles. The zero-order chi connectivity index (χ0) is 9.97. The Kier molecular flexibility index (Phi) is 3.47. The summed E-state index contributed by atoms with van der Waals surface area (Å²) in [6.45, 7) is 0. The summed E-state index contributed by atoms with van der Waals surface area (Å²) in [5, 5.41) is 1.74. The van der Waals surface area contributed by atoms with Crippen molar-refractivity contribution in [1.29, 1.82) is 0 Å². The first-order valence-electron chi connectivity index (χ1n) is 4.78. The van der Waals surface area contributed by atoms with E-state index in [0.717, 1.165) is 22.3 Å². The van der Waals surface area contributed by atoms with E-state index in [2.05, 4.69) is 20.9 Å². The summed E-state index contributed by atoms with van der Waals surface area (Å²) < 4.78 is 1.09. The summed E-state index contributed by atoms with van der Waals surface area (Å²) in [5.74, 6) is 0. The molecule has 1 fully saturated rings. The molecule has 0 saturated heterocycles. The molecule has 2 unspecified atom stereocenters. The van der Waals surface area contributed by atoms with E-state index in [4.69, 9.17) is 5.73 Å². The molecule has 1 heterocycles. The molecule has 1 aliphatic rings. The molecule has 1 aromatic heterocycles. The van der Waals surface area contributed by atoms with Crippen LogP contribution in [0.1, 0.15) is 19.3 Å². The highest BCUT2D eigenvalue weighted by Crippen LogP contribution is 2.36. The zero-order valence-corrected chi connectivity index (χ0v) is 10.2. The van der Waals surface area contributed by atoms with Crippen LogP contribution in [-0.2, 0) is 0 Å². The molecule has 14 heavy (non-hydrogen) atoms. The normalized spacial score (nSPS) is 26.7. The third kappa shape index (κ3) is 2.49. The molecule has 2 nitrogen and oxygen atoms in total. The van der Waals surface area contributed by atoms with E-state index in [1.165, 1.54) is 6.42 Å². The average molecular weight is 273 g/mol. The summed E-state index contributed by atoms with van der Waals surface area (Å²) in [6.07, 6.45) is 5.33. The van der Waals surface area contributed by atoms with Gasteiger partial charge in [0.15, 0.2) is 0 Å². The second-order valence-electron chi connectivity index (χ2n) is 3.60. The van der Waals surface area contributed by atoms with Gasteiger partial charge in [0.2, 0.25) is 0 Å². The van der Waals surface area contributed by atoms with Gasteiger partial charge in [0.05, 0.1) is 0 Å². The Morgan fingerprint density at radius 2 is 2.36 bits per heavy atom. The highest BCUT2D eigenvalue weighted by atomic mass is 79.9. The molecule has 2 N–H and O–H groups in total. The molecule has 2 atom stereocenters. The Morgan fingerprint density at radius 1 is 1.50 bits per heavy atom. The van der Waals surface area contributed by atoms with Gasteiger partial charge in [-0.3, -0.25) is 0 Å². The van der Waals surface area contributed by atoms with Crippen molar-refractivity contribution in [2.75, 3.05) is 0 Å². The maximum absolute atomic E-state index is 5.87. The van der Waals surface area contributed by atoms with Crippen molar-refractivity contribution < 1.29 is 0 Å². The van der Waals surface area contributed by atoms with E-state index in [1.54, 1.807) is 0 Å². The molecule has 0 aliphatic heterocycles. The minimum absolute atomic E-state index is 0.398. The van der Waals surface area contributed by atoms with Crippen LogP contribution in [0.25, 0.3) is 0 Å². The van der Waals surface area contributed by atoms with Crippen LogP contribution in [0.3, 0.4) is 0 Å². The van der Waals surface area contributed by atoms with Crippen LogP contribution in [0.15, 0.2) is 27.8 Å². The van der Waals surface area contributed by atoms with Crippen molar-refractivity contribution in [3.05, 3.63) is 22.8 Å². The summed E-state index contributed by atoms with van der Waals surface area (Å²) in [7, 11) is 0. The molecular weight excluding hydrogens is 260 g/mol. The highest BCUT2D eigenvalue weighted by molar-refractivity contribution is 9.10. The smallest absolute Gasteiger partial charge is 0.110 e. The van der Waals surface area contributed by atoms with Crippen molar-refractivity contribution in [2.24, 2.45) is 5.73 Å². The van der Waals surface area contributed by atoms with Gasteiger partial charge in [0.1, 0.15) is 5.03 Å². The van der Waals surface area contributed by atoms with E-state index in [9.17, 15) is 0 Å². The molecule has 1 aliphatic carbocycles. The lowest BCUT2D eigenvalue weighted by molar-refractivity contribution is 0.705. The standard InChI is InChI=1S/C10H13BrN2S/c11-9-2-1-5-13-10(9)14-8-4-3-7(12)6-8/h1-2,5,7-8H,3-4,6,12H2. The number of hydrogen-bond acceptors (Lipinski definition) is 3. The van der Waals surface area contributed by atoms with Crippen LogP contribution in [0.5, 0.6) is 0 Å².